The van der Waals surface area contributed by atoms with Gasteiger partial charge in [0.25, 0.3) is 12.0 Å². The summed E-state index contributed by atoms with van der Waals surface area (Å²) in [5.74, 6) is -0.252. The third-order valence-electron chi connectivity index (χ3n) is 3.42. The zero-order chi connectivity index (χ0) is 17.0. The van der Waals surface area contributed by atoms with Crippen molar-refractivity contribution in [2.45, 2.75) is 32.9 Å². The quantitative estimate of drug-likeness (QED) is 0.790. The topological polar surface area (TPSA) is 68.9 Å². The van der Waals surface area contributed by atoms with Crippen LogP contribution >= 0.6 is 0 Å². The fraction of sp³-hybridized carbons (Fsp3) is 0.400. The largest absolute Gasteiger partial charge is 0.353 e. The number of nitrogens with zero attached hydrogens (tertiary/aromatic N) is 3. The molecule has 0 aliphatic carbocycles. The second kappa shape index (κ2) is 7.17. The Balaban J connectivity index is 2.39. The molecular weight excluding hydrogens is 306 g/mol. The third kappa shape index (κ3) is 3.64. The molecule has 2 rings (SSSR count). The molecular formula is C15H18F2N4O2. The standard InChI is InChI=1S/C15H18F2N4O2/c1-3-6-18-12(22)5-7-21-13(23)8-10(14(16)17)11-9-20(4-2)19-15(11)21/h3,8-9,14H,1,4-7H2,2H3,(H,18,22). The lowest BCUT2D eigenvalue weighted by Crippen LogP contribution is -2.27. The summed E-state index contributed by atoms with van der Waals surface area (Å²) < 4.78 is 29.0. The van der Waals surface area contributed by atoms with Gasteiger partial charge in [0, 0.05) is 49.3 Å². The number of hydrogen-bond donors (Lipinski definition) is 1. The van der Waals surface area contributed by atoms with Gasteiger partial charge in [0.2, 0.25) is 5.91 Å². The highest BCUT2D eigenvalue weighted by molar-refractivity contribution is 5.79. The number of pyridine rings is 1. The summed E-state index contributed by atoms with van der Waals surface area (Å²) in [6.07, 6.45) is 0.327. The second-order valence-electron chi connectivity index (χ2n) is 4.96. The van der Waals surface area contributed by atoms with Crippen LogP contribution in [0.25, 0.3) is 11.0 Å². The number of nitrogens with one attached hydrogen (secondary N) is 1. The fourth-order valence-electron chi connectivity index (χ4n) is 2.25. The van der Waals surface area contributed by atoms with Crippen molar-refractivity contribution in [1.82, 2.24) is 19.7 Å². The Bertz CT molecular complexity index is 780. The normalized spacial score (nSPS) is 11.1. The molecule has 0 saturated carbocycles. The molecule has 0 aliphatic rings. The van der Waals surface area contributed by atoms with Crippen LogP contribution in [0.5, 0.6) is 0 Å². The van der Waals surface area contributed by atoms with Gasteiger partial charge in [-0.05, 0) is 6.92 Å². The Morgan fingerprint density at radius 2 is 2.26 bits per heavy atom. The van der Waals surface area contributed by atoms with E-state index in [1.165, 1.54) is 15.4 Å². The zero-order valence-corrected chi connectivity index (χ0v) is 12.8. The van der Waals surface area contributed by atoms with Crippen LogP contribution < -0.4 is 10.9 Å². The van der Waals surface area contributed by atoms with Crippen LogP contribution in [0.2, 0.25) is 0 Å². The highest BCUT2D eigenvalue weighted by Crippen LogP contribution is 2.25. The number of fused-ring (bicyclic) bond motifs is 1. The Kier molecular flexibility index (Phi) is 5.25. The minimum absolute atomic E-state index is 0.0514. The molecule has 2 aromatic rings. The monoisotopic (exact) mass is 324 g/mol. The molecule has 0 saturated heterocycles. The Hall–Kier alpha value is -2.51. The molecule has 0 radical (unpaired) electrons. The van der Waals surface area contributed by atoms with E-state index in [2.05, 4.69) is 17.0 Å². The summed E-state index contributed by atoms with van der Waals surface area (Å²) in [4.78, 5) is 23.8. The molecule has 0 atom stereocenters. The van der Waals surface area contributed by atoms with Crippen LogP contribution in [-0.4, -0.2) is 26.8 Å². The third-order valence-corrected chi connectivity index (χ3v) is 3.42. The van der Waals surface area contributed by atoms with Gasteiger partial charge in [-0.15, -0.1) is 6.58 Å². The van der Waals surface area contributed by atoms with Gasteiger partial charge in [-0.2, -0.15) is 5.10 Å². The van der Waals surface area contributed by atoms with E-state index in [0.29, 0.717) is 13.1 Å². The van der Waals surface area contributed by atoms with E-state index in [1.807, 2.05) is 6.92 Å². The Labute approximate surface area is 131 Å². The van der Waals surface area contributed by atoms with E-state index in [1.54, 1.807) is 6.08 Å². The summed E-state index contributed by atoms with van der Waals surface area (Å²) in [6, 6.07) is 0.913. The van der Waals surface area contributed by atoms with Gasteiger partial charge in [-0.1, -0.05) is 6.08 Å². The van der Waals surface area contributed by atoms with E-state index in [4.69, 9.17) is 0 Å². The van der Waals surface area contributed by atoms with Crippen LogP contribution in [-0.2, 0) is 17.9 Å². The van der Waals surface area contributed by atoms with Crippen LogP contribution in [0.15, 0.2) is 29.7 Å². The number of carbonyl (C=O) groups excluding carboxylic acids is 1. The first kappa shape index (κ1) is 16.9. The van der Waals surface area contributed by atoms with Gasteiger partial charge in [-0.3, -0.25) is 18.8 Å². The average Bonchev–Trinajstić information content (AvgIpc) is 2.95. The molecule has 0 aromatic carbocycles. The first-order valence-corrected chi connectivity index (χ1v) is 7.24. The number of carbonyl (C=O) groups is 1. The molecule has 0 spiro atoms. The van der Waals surface area contributed by atoms with E-state index in [9.17, 15) is 18.4 Å². The molecule has 0 fully saturated rings. The maximum absolute atomic E-state index is 13.1. The highest BCUT2D eigenvalue weighted by Gasteiger charge is 2.19. The van der Waals surface area contributed by atoms with Gasteiger partial charge in [-0.25, -0.2) is 8.78 Å². The molecule has 124 valence electrons. The first-order valence-electron chi connectivity index (χ1n) is 7.24. The van der Waals surface area contributed by atoms with Crippen molar-refractivity contribution < 1.29 is 13.6 Å². The van der Waals surface area contributed by atoms with Crippen LogP contribution in [0.3, 0.4) is 0 Å². The maximum Gasteiger partial charge on any atom is 0.264 e. The predicted octanol–water partition coefficient (Wildman–Crippen LogP) is 1.85. The van der Waals surface area contributed by atoms with Crippen LogP contribution in [0, 0.1) is 0 Å². The number of rotatable bonds is 7. The number of hydrogen-bond acceptors (Lipinski definition) is 3. The molecule has 23 heavy (non-hydrogen) atoms. The van der Waals surface area contributed by atoms with E-state index >= 15 is 0 Å². The van der Waals surface area contributed by atoms with Crippen molar-refractivity contribution in [2.24, 2.45) is 0 Å². The van der Waals surface area contributed by atoms with Crippen molar-refractivity contribution in [2.75, 3.05) is 6.54 Å². The van der Waals surface area contributed by atoms with Gasteiger partial charge >= 0.3 is 0 Å². The molecule has 6 nitrogen and oxygen atoms in total. The van der Waals surface area contributed by atoms with Crippen molar-refractivity contribution in [3.05, 3.63) is 40.8 Å². The van der Waals surface area contributed by atoms with Gasteiger partial charge in [0.1, 0.15) is 0 Å². The summed E-state index contributed by atoms with van der Waals surface area (Å²) in [5.41, 5.74) is -0.756. The fourth-order valence-corrected chi connectivity index (χ4v) is 2.25. The zero-order valence-electron chi connectivity index (χ0n) is 12.8. The smallest absolute Gasteiger partial charge is 0.264 e. The minimum Gasteiger partial charge on any atom is -0.353 e. The van der Waals surface area contributed by atoms with Crippen molar-refractivity contribution in [1.29, 1.82) is 0 Å². The summed E-state index contributed by atoms with van der Waals surface area (Å²) in [5, 5.41) is 7.00. The van der Waals surface area contributed by atoms with Crippen LogP contribution in [0.1, 0.15) is 25.3 Å². The van der Waals surface area contributed by atoms with Crippen molar-refractivity contribution in [3.63, 3.8) is 0 Å². The Morgan fingerprint density at radius 1 is 1.52 bits per heavy atom. The molecule has 2 aromatic heterocycles. The SMILES string of the molecule is C=CCNC(=O)CCn1c(=O)cc(C(F)F)c2cn(CC)nc21. The number of alkyl halides is 2. The van der Waals surface area contributed by atoms with E-state index in [0.717, 1.165) is 6.07 Å². The summed E-state index contributed by atoms with van der Waals surface area (Å²) >= 11 is 0. The number of aryl methyl sites for hydroxylation is 2. The maximum atomic E-state index is 13.1. The molecule has 1 N–H and O–H groups in total. The second-order valence-corrected chi connectivity index (χ2v) is 4.96. The lowest BCUT2D eigenvalue weighted by Gasteiger charge is -2.09. The lowest BCUT2D eigenvalue weighted by atomic mass is 10.2. The molecule has 2 heterocycles. The minimum atomic E-state index is -2.76. The van der Waals surface area contributed by atoms with Gasteiger partial charge in [0.15, 0.2) is 5.65 Å². The summed E-state index contributed by atoms with van der Waals surface area (Å²) in [7, 11) is 0. The number of aromatic nitrogens is 3. The number of halogens is 2. The van der Waals surface area contributed by atoms with Gasteiger partial charge < -0.3 is 5.32 Å². The molecule has 0 unspecified atom stereocenters. The predicted molar refractivity (Wildman–Crippen MR) is 82.4 cm³/mol. The Morgan fingerprint density at radius 3 is 2.87 bits per heavy atom. The molecule has 0 aliphatic heterocycles. The van der Waals surface area contributed by atoms with E-state index in [-0.39, 0.29) is 35.5 Å². The van der Waals surface area contributed by atoms with Crippen LogP contribution in [0.4, 0.5) is 8.78 Å². The molecule has 1 amide bonds. The number of amides is 1. The van der Waals surface area contributed by atoms with Crippen molar-refractivity contribution in [3.8, 4) is 0 Å². The first-order chi connectivity index (χ1) is 11.0. The lowest BCUT2D eigenvalue weighted by molar-refractivity contribution is -0.121. The van der Waals surface area contributed by atoms with Gasteiger partial charge in [0.05, 0.1) is 0 Å². The average molecular weight is 324 g/mol. The molecule has 0 bridgehead atoms. The molecule has 8 heteroatoms. The van der Waals surface area contributed by atoms with E-state index < -0.39 is 12.0 Å². The summed E-state index contributed by atoms with van der Waals surface area (Å²) in [6.45, 7) is 6.20. The van der Waals surface area contributed by atoms with Crippen molar-refractivity contribution >= 4 is 16.9 Å². The highest BCUT2D eigenvalue weighted by atomic mass is 19.3.